The quantitative estimate of drug-likeness (QED) is 0.566. The van der Waals surface area contributed by atoms with Crippen LogP contribution in [0.15, 0.2) is 47.4 Å². The monoisotopic (exact) mass is 459 g/mol. The van der Waals surface area contributed by atoms with Gasteiger partial charge < -0.3 is 15.4 Å². The molecule has 0 saturated heterocycles. The van der Waals surface area contributed by atoms with E-state index in [0.29, 0.717) is 30.6 Å². The minimum Gasteiger partial charge on any atom is -0.496 e. The molecule has 8 heteroatoms. The van der Waals surface area contributed by atoms with Crippen molar-refractivity contribution in [3.05, 3.63) is 48.0 Å². The molecule has 2 aromatic carbocycles. The number of benzene rings is 2. The van der Waals surface area contributed by atoms with E-state index in [1.54, 1.807) is 13.8 Å². The van der Waals surface area contributed by atoms with Crippen LogP contribution in [-0.2, 0) is 10.0 Å². The maximum atomic E-state index is 13.0. The first kappa shape index (κ1) is 24.1. The first-order valence-electron chi connectivity index (χ1n) is 11.2. The molecule has 1 saturated carbocycles. The average Bonchev–Trinajstić information content (AvgIpc) is 2.81. The summed E-state index contributed by atoms with van der Waals surface area (Å²) in [4.78, 5) is 13.0. The number of carbonyl (C=O) groups is 1. The summed E-state index contributed by atoms with van der Waals surface area (Å²) in [5, 5.41) is 6.40. The molecule has 0 radical (unpaired) electrons. The summed E-state index contributed by atoms with van der Waals surface area (Å²) >= 11 is 0. The summed E-state index contributed by atoms with van der Waals surface area (Å²) in [6.07, 6.45) is 6.20. The molecule has 1 aliphatic rings. The fourth-order valence-corrected chi connectivity index (χ4v) is 5.55. The highest BCUT2D eigenvalue weighted by atomic mass is 32.2. The first-order valence-corrected chi connectivity index (χ1v) is 12.7. The summed E-state index contributed by atoms with van der Waals surface area (Å²) in [5.74, 6) is -0.108. The van der Waals surface area contributed by atoms with Crippen molar-refractivity contribution >= 4 is 27.3 Å². The molecule has 0 aliphatic heterocycles. The normalized spacial score (nSPS) is 14.9. The fourth-order valence-electron chi connectivity index (χ4n) is 4.07. The lowest BCUT2D eigenvalue weighted by Crippen LogP contribution is -2.30. The van der Waals surface area contributed by atoms with Crippen LogP contribution < -0.4 is 15.4 Å². The van der Waals surface area contributed by atoms with Gasteiger partial charge in [-0.15, -0.1) is 0 Å². The van der Waals surface area contributed by atoms with Crippen molar-refractivity contribution in [1.82, 2.24) is 4.31 Å². The molecule has 174 valence electrons. The molecule has 1 fully saturated rings. The Kier molecular flexibility index (Phi) is 8.15. The van der Waals surface area contributed by atoms with E-state index in [1.165, 1.54) is 61.7 Å². The molecule has 32 heavy (non-hydrogen) atoms. The van der Waals surface area contributed by atoms with Gasteiger partial charge in [0, 0.05) is 30.5 Å². The average molecular weight is 460 g/mol. The predicted octanol–water partition coefficient (Wildman–Crippen LogP) is 4.72. The van der Waals surface area contributed by atoms with Crippen LogP contribution in [0.4, 0.5) is 11.4 Å². The molecule has 2 N–H and O–H groups in total. The Hall–Kier alpha value is -2.58. The zero-order valence-corrected chi connectivity index (χ0v) is 19.9. The van der Waals surface area contributed by atoms with Crippen molar-refractivity contribution in [2.24, 2.45) is 0 Å². The largest absolute Gasteiger partial charge is 0.496 e. The number of methoxy groups -OCH3 is 1. The number of ether oxygens (including phenoxy) is 1. The Morgan fingerprint density at radius 3 is 2.22 bits per heavy atom. The molecule has 0 bridgehead atoms. The number of amides is 1. The van der Waals surface area contributed by atoms with Gasteiger partial charge in [0.1, 0.15) is 5.75 Å². The van der Waals surface area contributed by atoms with Crippen LogP contribution in [0, 0.1) is 0 Å². The van der Waals surface area contributed by atoms with E-state index in [2.05, 4.69) is 10.6 Å². The van der Waals surface area contributed by atoms with E-state index >= 15 is 0 Å². The van der Waals surface area contributed by atoms with Crippen LogP contribution in [0.1, 0.15) is 56.3 Å². The van der Waals surface area contributed by atoms with Gasteiger partial charge in [0.2, 0.25) is 10.0 Å². The molecule has 7 nitrogen and oxygen atoms in total. The number of anilines is 2. The lowest BCUT2D eigenvalue weighted by molar-refractivity contribution is 0.102. The second kappa shape index (κ2) is 10.8. The number of carbonyl (C=O) groups excluding carboxylic acids is 1. The highest BCUT2D eigenvalue weighted by Gasteiger charge is 2.24. The number of sulfonamides is 1. The summed E-state index contributed by atoms with van der Waals surface area (Å²) in [5.41, 5.74) is 1.83. The van der Waals surface area contributed by atoms with Gasteiger partial charge in [-0.05, 0) is 55.3 Å². The van der Waals surface area contributed by atoms with Gasteiger partial charge in [-0.1, -0.05) is 33.1 Å². The Balaban J connectivity index is 1.76. The van der Waals surface area contributed by atoms with Gasteiger partial charge in [-0.3, -0.25) is 4.79 Å². The Morgan fingerprint density at radius 1 is 1.00 bits per heavy atom. The van der Waals surface area contributed by atoms with Gasteiger partial charge in [-0.25, -0.2) is 8.42 Å². The molecule has 0 atom stereocenters. The molecule has 0 spiro atoms. The number of hydrogen-bond donors (Lipinski definition) is 2. The van der Waals surface area contributed by atoms with Crippen LogP contribution >= 0.6 is 0 Å². The molecular weight excluding hydrogens is 426 g/mol. The van der Waals surface area contributed by atoms with E-state index in [0.717, 1.165) is 5.69 Å². The molecule has 0 heterocycles. The van der Waals surface area contributed by atoms with Crippen LogP contribution in [0.25, 0.3) is 0 Å². The maximum Gasteiger partial charge on any atom is 0.259 e. The first-order chi connectivity index (χ1) is 15.4. The van der Waals surface area contributed by atoms with E-state index in [4.69, 9.17) is 4.74 Å². The Morgan fingerprint density at radius 2 is 1.62 bits per heavy atom. The van der Waals surface area contributed by atoms with Crippen molar-refractivity contribution in [1.29, 1.82) is 0 Å². The predicted molar refractivity (Wildman–Crippen MR) is 128 cm³/mol. The second-order valence-electron chi connectivity index (χ2n) is 7.96. The number of nitrogens with one attached hydrogen (secondary N) is 2. The molecule has 3 rings (SSSR count). The minimum absolute atomic E-state index is 0.0687. The third-order valence-electron chi connectivity index (χ3n) is 5.88. The Labute approximate surface area is 191 Å². The van der Waals surface area contributed by atoms with Crippen LogP contribution in [-0.4, -0.2) is 44.9 Å². The number of hydrogen-bond acceptors (Lipinski definition) is 5. The standard InChI is InChI=1S/C24H33N3O4S/c1-4-27(5-2)32(29,30)21-15-16-23(31-3)22(17-21)24(28)26-20-13-11-19(12-14-20)25-18-9-7-6-8-10-18/h11-18,25H,4-10H2,1-3H3,(H,26,28). The topological polar surface area (TPSA) is 87.7 Å². The second-order valence-corrected chi connectivity index (χ2v) is 9.90. The fraction of sp³-hybridized carbons (Fsp3) is 0.458. The number of rotatable bonds is 9. The van der Waals surface area contributed by atoms with Crippen LogP contribution in [0.3, 0.4) is 0 Å². The SMILES string of the molecule is CCN(CC)S(=O)(=O)c1ccc(OC)c(C(=O)Nc2ccc(NC3CCCCC3)cc2)c1. The van der Waals surface area contributed by atoms with Gasteiger partial charge in [0.25, 0.3) is 5.91 Å². The third-order valence-corrected chi connectivity index (χ3v) is 7.92. The van der Waals surface area contributed by atoms with E-state index in [1.807, 2.05) is 24.3 Å². The lowest BCUT2D eigenvalue weighted by Gasteiger charge is -2.24. The van der Waals surface area contributed by atoms with E-state index in [9.17, 15) is 13.2 Å². The van der Waals surface area contributed by atoms with E-state index in [-0.39, 0.29) is 10.5 Å². The van der Waals surface area contributed by atoms with Crippen molar-refractivity contribution in [3.63, 3.8) is 0 Å². The summed E-state index contributed by atoms with van der Waals surface area (Å²) in [6, 6.07) is 12.4. The number of nitrogens with zero attached hydrogens (tertiary/aromatic N) is 1. The van der Waals surface area contributed by atoms with Crippen molar-refractivity contribution in [2.45, 2.75) is 56.9 Å². The van der Waals surface area contributed by atoms with Gasteiger partial charge >= 0.3 is 0 Å². The molecule has 1 aliphatic carbocycles. The highest BCUT2D eigenvalue weighted by Crippen LogP contribution is 2.26. The zero-order valence-electron chi connectivity index (χ0n) is 19.1. The van der Waals surface area contributed by atoms with Crippen molar-refractivity contribution in [3.8, 4) is 5.75 Å². The zero-order chi connectivity index (χ0) is 23.1. The van der Waals surface area contributed by atoms with Crippen LogP contribution in [0.2, 0.25) is 0 Å². The van der Waals surface area contributed by atoms with Gasteiger partial charge in [0.15, 0.2) is 0 Å². The maximum absolute atomic E-state index is 13.0. The summed E-state index contributed by atoms with van der Waals surface area (Å²) in [7, 11) is -2.23. The van der Waals surface area contributed by atoms with E-state index < -0.39 is 15.9 Å². The lowest BCUT2D eigenvalue weighted by atomic mass is 9.95. The smallest absolute Gasteiger partial charge is 0.259 e. The highest BCUT2D eigenvalue weighted by molar-refractivity contribution is 7.89. The summed E-state index contributed by atoms with van der Waals surface area (Å²) < 4.78 is 32.4. The van der Waals surface area contributed by atoms with Gasteiger partial charge in [-0.2, -0.15) is 4.31 Å². The van der Waals surface area contributed by atoms with Crippen molar-refractivity contribution < 1.29 is 17.9 Å². The Bertz CT molecular complexity index is 1010. The molecule has 0 aromatic heterocycles. The molecule has 2 aromatic rings. The molecule has 1 amide bonds. The summed E-state index contributed by atoms with van der Waals surface area (Å²) in [6.45, 7) is 4.28. The molecular formula is C24H33N3O4S. The van der Waals surface area contributed by atoms with Gasteiger partial charge in [0.05, 0.1) is 17.6 Å². The minimum atomic E-state index is -3.69. The third kappa shape index (κ3) is 5.61. The molecule has 0 unspecified atom stereocenters. The van der Waals surface area contributed by atoms with Crippen LogP contribution in [0.5, 0.6) is 5.75 Å². The van der Waals surface area contributed by atoms with Crippen molar-refractivity contribution in [2.75, 3.05) is 30.8 Å².